The molecule has 0 bridgehead atoms. The number of hydrogen-bond donors (Lipinski definition) is 2. The summed E-state index contributed by atoms with van der Waals surface area (Å²) in [5.74, 6) is 0.0648. The summed E-state index contributed by atoms with van der Waals surface area (Å²) < 4.78 is 0. The number of hydrogen-bond acceptors (Lipinski definition) is 3. The molecule has 0 radical (unpaired) electrons. The smallest absolute Gasteiger partial charge is 0.143 e. The zero-order valence-electron chi connectivity index (χ0n) is 5.41. The first-order valence-corrected chi connectivity index (χ1v) is 2.79. The minimum absolute atomic E-state index is 0.0648. The second-order valence-electron chi connectivity index (χ2n) is 1.91. The van der Waals surface area contributed by atoms with Crippen LogP contribution < -0.4 is 5.73 Å². The van der Waals surface area contributed by atoms with E-state index in [1.807, 2.05) is 0 Å². The second kappa shape index (κ2) is 2.39. The lowest BCUT2D eigenvalue weighted by atomic mass is 10.2. The van der Waals surface area contributed by atoms with Crippen LogP contribution in [0.5, 0.6) is 5.75 Å². The van der Waals surface area contributed by atoms with E-state index < -0.39 is 0 Å². The van der Waals surface area contributed by atoms with Gasteiger partial charge in [-0.25, -0.2) is 0 Å². The number of benzene rings is 1. The summed E-state index contributed by atoms with van der Waals surface area (Å²) in [6.45, 7) is 3.27. The molecule has 10 heavy (non-hydrogen) atoms. The van der Waals surface area contributed by atoms with Gasteiger partial charge in [-0.05, 0) is 18.9 Å². The Morgan fingerprint density at radius 2 is 2.20 bits per heavy atom. The predicted molar refractivity (Wildman–Crippen MR) is 41.7 cm³/mol. The Morgan fingerprint density at radius 1 is 1.50 bits per heavy atom. The molecule has 1 aromatic rings. The predicted octanol–water partition coefficient (Wildman–Crippen LogP) is 1.31. The Hall–Kier alpha value is -1.51. The molecule has 0 atom stereocenters. The highest BCUT2D eigenvalue weighted by atomic mass is 16.3. The standard InChI is InChI=1S/C7H8N2O/c1-9-6-3-2-5(8)4-7(6)10/h2-4,10H,1,8H2. The Morgan fingerprint density at radius 3 is 2.70 bits per heavy atom. The van der Waals surface area contributed by atoms with Crippen LogP contribution in [-0.4, -0.2) is 11.8 Å². The van der Waals surface area contributed by atoms with Crippen molar-refractivity contribution in [3.63, 3.8) is 0 Å². The van der Waals surface area contributed by atoms with Gasteiger partial charge in [0.1, 0.15) is 11.4 Å². The number of phenolic OH excluding ortho intramolecular Hbond substituents is 1. The highest BCUT2D eigenvalue weighted by Gasteiger charge is 1.95. The molecule has 0 saturated carbocycles. The minimum Gasteiger partial charge on any atom is -0.506 e. The first kappa shape index (κ1) is 6.61. The molecule has 0 heterocycles. The first-order valence-electron chi connectivity index (χ1n) is 2.79. The van der Waals surface area contributed by atoms with Crippen LogP contribution in [0, 0.1) is 0 Å². The number of rotatable bonds is 1. The highest BCUT2D eigenvalue weighted by molar-refractivity contribution is 5.60. The molecule has 1 rings (SSSR count). The molecule has 0 aliphatic rings. The summed E-state index contributed by atoms with van der Waals surface area (Å²) in [4.78, 5) is 3.56. The van der Waals surface area contributed by atoms with Crippen LogP contribution in [0.3, 0.4) is 0 Å². The Labute approximate surface area is 58.8 Å². The number of anilines is 1. The average Bonchev–Trinajstić information content (AvgIpc) is 1.88. The van der Waals surface area contributed by atoms with Crippen LogP contribution in [0.1, 0.15) is 0 Å². The van der Waals surface area contributed by atoms with Gasteiger partial charge in [0.25, 0.3) is 0 Å². The van der Waals surface area contributed by atoms with E-state index in [0.29, 0.717) is 11.4 Å². The number of nitrogens with zero attached hydrogens (tertiary/aromatic N) is 1. The third-order valence-electron chi connectivity index (χ3n) is 1.17. The van der Waals surface area contributed by atoms with E-state index in [-0.39, 0.29) is 5.75 Å². The Bertz CT molecular complexity index is 258. The summed E-state index contributed by atoms with van der Waals surface area (Å²) in [5, 5.41) is 9.08. The van der Waals surface area contributed by atoms with Crippen LogP contribution in [-0.2, 0) is 0 Å². The molecule has 0 aliphatic carbocycles. The zero-order valence-corrected chi connectivity index (χ0v) is 5.41. The van der Waals surface area contributed by atoms with E-state index in [0.717, 1.165) is 0 Å². The van der Waals surface area contributed by atoms with Gasteiger partial charge in [-0.15, -0.1) is 0 Å². The van der Waals surface area contributed by atoms with E-state index >= 15 is 0 Å². The molecule has 3 heteroatoms. The van der Waals surface area contributed by atoms with Crippen molar-refractivity contribution >= 4 is 18.1 Å². The fourth-order valence-corrected chi connectivity index (χ4v) is 0.674. The van der Waals surface area contributed by atoms with Crippen LogP contribution in [0.25, 0.3) is 0 Å². The van der Waals surface area contributed by atoms with Crippen LogP contribution in [0.15, 0.2) is 23.2 Å². The van der Waals surface area contributed by atoms with Gasteiger partial charge in [0.05, 0.1) is 0 Å². The molecule has 3 nitrogen and oxygen atoms in total. The van der Waals surface area contributed by atoms with Gasteiger partial charge in [-0.2, -0.15) is 0 Å². The lowest BCUT2D eigenvalue weighted by Gasteiger charge is -1.97. The summed E-state index contributed by atoms with van der Waals surface area (Å²) in [6.07, 6.45) is 0. The summed E-state index contributed by atoms with van der Waals surface area (Å²) in [5.41, 5.74) is 6.33. The van der Waals surface area contributed by atoms with Gasteiger partial charge in [0.15, 0.2) is 0 Å². The lowest BCUT2D eigenvalue weighted by molar-refractivity contribution is 0.477. The van der Waals surface area contributed by atoms with Crippen molar-refractivity contribution in [2.45, 2.75) is 0 Å². The first-order chi connectivity index (χ1) is 4.74. The van der Waals surface area contributed by atoms with E-state index in [1.165, 1.54) is 6.07 Å². The van der Waals surface area contributed by atoms with Gasteiger partial charge in [0, 0.05) is 11.8 Å². The largest absolute Gasteiger partial charge is 0.506 e. The molecule has 0 unspecified atom stereocenters. The van der Waals surface area contributed by atoms with Crippen LogP contribution in [0.2, 0.25) is 0 Å². The van der Waals surface area contributed by atoms with Crippen molar-refractivity contribution in [2.75, 3.05) is 5.73 Å². The van der Waals surface area contributed by atoms with E-state index in [9.17, 15) is 0 Å². The van der Waals surface area contributed by atoms with Gasteiger partial charge < -0.3 is 10.8 Å². The molecule has 52 valence electrons. The molecule has 0 fully saturated rings. The summed E-state index contributed by atoms with van der Waals surface area (Å²) in [7, 11) is 0. The maximum Gasteiger partial charge on any atom is 0.143 e. The van der Waals surface area contributed by atoms with Crippen molar-refractivity contribution in [2.24, 2.45) is 4.99 Å². The molecule has 0 saturated heterocycles. The summed E-state index contributed by atoms with van der Waals surface area (Å²) in [6, 6.07) is 4.70. The van der Waals surface area contributed by atoms with E-state index in [1.54, 1.807) is 12.1 Å². The lowest BCUT2D eigenvalue weighted by Crippen LogP contribution is -1.81. The number of phenols is 1. The number of aromatic hydroxyl groups is 1. The number of nitrogen functional groups attached to an aromatic ring is 1. The fraction of sp³-hybridized carbons (Fsp3) is 0. The molecular weight excluding hydrogens is 128 g/mol. The van der Waals surface area contributed by atoms with Crippen molar-refractivity contribution in [1.82, 2.24) is 0 Å². The third-order valence-corrected chi connectivity index (χ3v) is 1.17. The number of nitrogens with two attached hydrogens (primary N) is 1. The van der Waals surface area contributed by atoms with Crippen LogP contribution in [0.4, 0.5) is 11.4 Å². The SMILES string of the molecule is C=Nc1ccc(N)cc1O. The fourth-order valence-electron chi connectivity index (χ4n) is 0.674. The molecule has 3 N–H and O–H groups in total. The summed E-state index contributed by atoms with van der Waals surface area (Å²) >= 11 is 0. The van der Waals surface area contributed by atoms with Crippen molar-refractivity contribution < 1.29 is 5.11 Å². The normalized spacial score (nSPS) is 9.20. The topological polar surface area (TPSA) is 58.6 Å². The monoisotopic (exact) mass is 136 g/mol. The molecule has 0 spiro atoms. The molecule has 0 aliphatic heterocycles. The van der Waals surface area contributed by atoms with Gasteiger partial charge >= 0.3 is 0 Å². The van der Waals surface area contributed by atoms with E-state index in [4.69, 9.17) is 10.8 Å². The maximum atomic E-state index is 9.08. The van der Waals surface area contributed by atoms with E-state index in [2.05, 4.69) is 11.7 Å². The second-order valence-corrected chi connectivity index (χ2v) is 1.91. The van der Waals surface area contributed by atoms with Gasteiger partial charge in [-0.3, -0.25) is 4.99 Å². The van der Waals surface area contributed by atoms with Gasteiger partial charge in [-0.1, -0.05) is 0 Å². The molecule has 1 aromatic carbocycles. The van der Waals surface area contributed by atoms with Crippen molar-refractivity contribution in [3.05, 3.63) is 18.2 Å². The third kappa shape index (κ3) is 1.07. The average molecular weight is 136 g/mol. The van der Waals surface area contributed by atoms with Gasteiger partial charge in [0.2, 0.25) is 0 Å². The molecular formula is C7H8N2O. The minimum atomic E-state index is 0.0648. The zero-order chi connectivity index (χ0) is 7.56. The maximum absolute atomic E-state index is 9.08. The Kier molecular flexibility index (Phi) is 1.58. The molecule has 0 amide bonds. The van der Waals surface area contributed by atoms with Crippen LogP contribution >= 0.6 is 0 Å². The van der Waals surface area contributed by atoms with Crippen molar-refractivity contribution in [3.8, 4) is 5.75 Å². The Balaban J connectivity index is 3.19. The quantitative estimate of drug-likeness (QED) is 0.451. The van der Waals surface area contributed by atoms with Crippen molar-refractivity contribution in [1.29, 1.82) is 0 Å². The highest BCUT2D eigenvalue weighted by Crippen LogP contribution is 2.26. The molecule has 0 aromatic heterocycles. The number of aliphatic imine (C=N–C) groups is 1.